The number of hydrogen-bond donors (Lipinski definition) is 3. The molecule has 1 aromatic heterocycles. The zero-order valence-corrected chi connectivity index (χ0v) is 18.2. The number of hydrogen-bond acceptors (Lipinski definition) is 5. The van der Waals surface area contributed by atoms with Crippen LogP contribution in [-0.2, 0) is 4.79 Å². The summed E-state index contributed by atoms with van der Waals surface area (Å²) in [6.07, 6.45) is 0.0182. The van der Waals surface area contributed by atoms with Crippen molar-refractivity contribution in [2.24, 2.45) is 0 Å². The van der Waals surface area contributed by atoms with Crippen LogP contribution < -0.4 is 4.90 Å². The minimum atomic E-state index is -1.20. The van der Waals surface area contributed by atoms with Crippen molar-refractivity contribution in [1.29, 1.82) is 0 Å². The SMILES string of the molecule is CN(C)c1nc(-c2ccc(F)cc2)c(-c2ccc(F)cc2)n1/C=C/[C@@H](O)C[C@@H](O)CC(=O)O. The van der Waals surface area contributed by atoms with Crippen molar-refractivity contribution >= 4 is 18.1 Å². The lowest BCUT2D eigenvalue weighted by Gasteiger charge is -2.15. The highest BCUT2D eigenvalue weighted by Crippen LogP contribution is 2.36. The molecule has 33 heavy (non-hydrogen) atoms. The van der Waals surface area contributed by atoms with Gasteiger partial charge in [-0.05, 0) is 54.6 Å². The summed E-state index contributed by atoms with van der Waals surface area (Å²) in [5.41, 5.74) is 2.39. The fourth-order valence-corrected chi connectivity index (χ4v) is 3.40. The minimum absolute atomic E-state index is 0.161. The lowest BCUT2D eigenvalue weighted by molar-refractivity contribution is -0.139. The molecule has 0 fully saturated rings. The van der Waals surface area contributed by atoms with Gasteiger partial charge in [0.05, 0.1) is 30.0 Å². The van der Waals surface area contributed by atoms with E-state index < -0.39 is 36.2 Å². The van der Waals surface area contributed by atoms with Crippen molar-refractivity contribution in [2.45, 2.75) is 25.0 Å². The summed E-state index contributed by atoms with van der Waals surface area (Å²) in [6.45, 7) is 0. The largest absolute Gasteiger partial charge is 0.481 e. The number of benzene rings is 2. The zero-order chi connectivity index (χ0) is 24.1. The number of halogens is 2. The van der Waals surface area contributed by atoms with Crippen LogP contribution in [0.1, 0.15) is 12.8 Å². The monoisotopic (exact) mass is 457 g/mol. The van der Waals surface area contributed by atoms with E-state index >= 15 is 0 Å². The van der Waals surface area contributed by atoms with Gasteiger partial charge >= 0.3 is 5.97 Å². The lowest BCUT2D eigenvalue weighted by atomic mass is 10.0. The highest BCUT2D eigenvalue weighted by molar-refractivity contribution is 5.82. The number of carbonyl (C=O) groups is 1. The Morgan fingerprint density at radius 3 is 2.09 bits per heavy atom. The highest BCUT2D eigenvalue weighted by Gasteiger charge is 2.21. The Labute approximate surface area is 189 Å². The molecule has 0 aliphatic rings. The number of nitrogens with zero attached hydrogens (tertiary/aromatic N) is 3. The van der Waals surface area contributed by atoms with Crippen molar-refractivity contribution < 1.29 is 28.9 Å². The fraction of sp³-hybridized carbons (Fsp3) is 0.250. The molecule has 3 N–H and O–H groups in total. The molecule has 7 nitrogen and oxygen atoms in total. The van der Waals surface area contributed by atoms with E-state index in [9.17, 15) is 23.8 Å². The molecule has 0 bridgehead atoms. The molecule has 0 radical (unpaired) electrons. The molecule has 0 saturated carbocycles. The quantitative estimate of drug-likeness (QED) is 0.454. The van der Waals surface area contributed by atoms with E-state index in [1.807, 2.05) is 0 Å². The summed E-state index contributed by atoms with van der Waals surface area (Å²) in [7, 11) is 3.56. The number of anilines is 1. The first-order chi connectivity index (χ1) is 15.7. The molecule has 0 unspecified atom stereocenters. The van der Waals surface area contributed by atoms with Gasteiger partial charge in [0.2, 0.25) is 5.95 Å². The van der Waals surface area contributed by atoms with Crippen molar-refractivity contribution in [3.63, 3.8) is 0 Å². The summed E-state index contributed by atoms with van der Waals surface area (Å²) in [5.74, 6) is -1.47. The van der Waals surface area contributed by atoms with Gasteiger partial charge in [-0.15, -0.1) is 0 Å². The normalized spacial score (nSPS) is 13.3. The minimum Gasteiger partial charge on any atom is -0.481 e. The molecule has 0 saturated heterocycles. The molecule has 9 heteroatoms. The van der Waals surface area contributed by atoms with Crippen LogP contribution in [0.2, 0.25) is 0 Å². The number of imidazole rings is 1. The van der Waals surface area contributed by atoms with Crippen LogP contribution in [0, 0.1) is 11.6 Å². The average Bonchev–Trinajstić information content (AvgIpc) is 3.12. The van der Waals surface area contributed by atoms with E-state index in [0.29, 0.717) is 28.5 Å². The van der Waals surface area contributed by atoms with Crippen LogP contribution >= 0.6 is 0 Å². The summed E-state index contributed by atoms with van der Waals surface area (Å²) in [6, 6.07) is 11.6. The first kappa shape index (κ1) is 24.1. The smallest absolute Gasteiger partial charge is 0.305 e. The van der Waals surface area contributed by atoms with Gasteiger partial charge in [-0.2, -0.15) is 0 Å². The Balaban J connectivity index is 2.10. The van der Waals surface area contributed by atoms with Crippen molar-refractivity contribution in [3.05, 3.63) is 66.2 Å². The fourth-order valence-electron chi connectivity index (χ4n) is 3.40. The Morgan fingerprint density at radius 1 is 1.03 bits per heavy atom. The van der Waals surface area contributed by atoms with Crippen LogP contribution in [0.3, 0.4) is 0 Å². The number of aromatic nitrogens is 2. The molecule has 1 heterocycles. The van der Waals surface area contributed by atoms with Gasteiger partial charge in [0.1, 0.15) is 11.6 Å². The van der Waals surface area contributed by atoms with Crippen LogP contribution in [0.15, 0.2) is 54.6 Å². The topological polar surface area (TPSA) is 98.8 Å². The van der Waals surface area contributed by atoms with Crippen LogP contribution in [0.4, 0.5) is 14.7 Å². The van der Waals surface area contributed by atoms with Gasteiger partial charge in [-0.1, -0.05) is 0 Å². The standard InChI is InChI=1S/C24H25F2N3O4/c1-28(2)24-27-22(15-3-7-17(25)8-4-15)23(16-5-9-18(26)10-6-16)29(24)12-11-19(30)13-20(31)14-21(32)33/h3-12,19-20,30-31H,13-14H2,1-2H3,(H,32,33)/b12-11+/t19-,20-/m1/s1. The second kappa shape index (κ2) is 10.4. The van der Waals surface area contributed by atoms with Gasteiger partial charge in [0.15, 0.2) is 0 Å². The van der Waals surface area contributed by atoms with Crippen LogP contribution in [0.25, 0.3) is 28.7 Å². The van der Waals surface area contributed by atoms with Crippen molar-refractivity contribution in [2.75, 3.05) is 19.0 Å². The van der Waals surface area contributed by atoms with E-state index in [4.69, 9.17) is 10.1 Å². The van der Waals surface area contributed by atoms with Crippen molar-refractivity contribution in [1.82, 2.24) is 9.55 Å². The van der Waals surface area contributed by atoms with Gasteiger partial charge in [0.25, 0.3) is 0 Å². The summed E-state index contributed by atoms with van der Waals surface area (Å²) >= 11 is 0. The maximum Gasteiger partial charge on any atom is 0.305 e. The van der Waals surface area contributed by atoms with E-state index in [1.54, 1.807) is 54.0 Å². The number of aliphatic hydroxyl groups is 2. The van der Waals surface area contributed by atoms with Gasteiger partial charge in [0, 0.05) is 37.8 Å². The molecule has 3 rings (SSSR count). The third kappa shape index (κ3) is 6.03. The Hall–Kier alpha value is -3.56. The van der Waals surface area contributed by atoms with E-state index in [2.05, 4.69) is 0 Å². The average molecular weight is 457 g/mol. The predicted octanol–water partition coefficient (Wildman–Crippen LogP) is 3.62. The number of rotatable bonds is 9. The third-order valence-electron chi connectivity index (χ3n) is 4.91. The molecule has 2 aromatic carbocycles. The number of carboxylic acids is 1. The van der Waals surface area contributed by atoms with E-state index in [-0.39, 0.29) is 6.42 Å². The second-order valence-electron chi connectivity index (χ2n) is 7.78. The molecular weight excluding hydrogens is 432 g/mol. The maximum atomic E-state index is 13.6. The van der Waals surface area contributed by atoms with Gasteiger partial charge < -0.3 is 20.2 Å². The predicted molar refractivity (Wildman–Crippen MR) is 122 cm³/mol. The first-order valence-electron chi connectivity index (χ1n) is 10.2. The highest BCUT2D eigenvalue weighted by atomic mass is 19.1. The van der Waals surface area contributed by atoms with E-state index in [1.165, 1.54) is 30.3 Å². The molecule has 174 valence electrons. The number of carboxylic acid groups (broad SMARTS) is 1. The first-order valence-corrected chi connectivity index (χ1v) is 10.2. The van der Waals surface area contributed by atoms with Crippen molar-refractivity contribution in [3.8, 4) is 22.5 Å². The lowest BCUT2D eigenvalue weighted by Crippen LogP contribution is -2.19. The molecular formula is C24H25F2N3O4. The van der Waals surface area contributed by atoms with Gasteiger partial charge in [-0.25, -0.2) is 13.8 Å². The Bertz CT molecular complexity index is 1130. The second-order valence-corrected chi connectivity index (χ2v) is 7.78. The maximum absolute atomic E-state index is 13.6. The molecule has 0 aliphatic carbocycles. The summed E-state index contributed by atoms with van der Waals surface area (Å²) < 4.78 is 28.8. The van der Waals surface area contributed by atoms with Crippen LogP contribution in [-0.4, -0.2) is 57.1 Å². The number of aliphatic hydroxyl groups excluding tert-OH is 2. The Kier molecular flexibility index (Phi) is 7.57. The van der Waals surface area contributed by atoms with E-state index in [0.717, 1.165) is 0 Å². The summed E-state index contributed by atoms with van der Waals surface area (Å²) in [4.78, 5) is 17.2. The number of aliphatic carboxylic acids is 1. The molecule has 0 spiro atoms. The van der Waals surface area contributed by atoms with Gasteiger partial charge in [-0.3, -0.25) is 9.36 Å². The van der Waals surface area contributed by atoms with Crippen LogP contribution in [0.5, 0.6) is 0 Å². The molecule has 0 aliphatic heterocycles. The summed E-state index contributed by atoms with van der Waals surface area (Å²) in [5, 5.41) is 28.9. The molecule has 3 aromatic rings. The zero-order valence-electron chi connectivity index (χ0n) is 18.2. The molecule has 0 amide bonds. The third-order valence-corrected chi connectivity index (χ3v) is 4.91. The Morgan fingerprint density at radius 2 is 1.58 bits per heavy atom. The molecule has 2 atom stereocenters.